The van der Waals surface area contributed by atoms with Crippen LogP contribution in [0, 0.1) is 0 Å². The second kappa shape index (κ2) is 4.94. The van der Waals surface area contributed by atoms with Crippen LogP contribution in [0.5, 0.6) is 5.75 Å². The highest BCUT2D eigenvalue weighted by molar-refractivity contribution is 5.73. The van der Waals surface area contributed by atoms with E-state index in [9.17, 15) is 0 Å². The molecule has 94 valence electrons. The van der Waals surface area contributed by atoms with Gasteiger partial charge in [-0.3, -0.25) is 0 Å². The maximum absolute atomic E-state index is 5.18. The summed E-state index contributed by atoms with van der Waals surface area (Å²) >= 11 is 0. The van der Waals surface area contributed by atoms with Crippen molar-refractivity contribution >= 4 is 0 Å². The van der Waals surface area contributed by atoms with E-state index < -0.39 is 0 Å². The molecule has 0 amide bonds. The molecule has 3 aromatic rings. The van der Waals surface area contributed by atoms with Gasteiger partial charge in [-0.1, -0.05) is 35.5 Å². The SMILES string of the molecule is COc1ccc(-c2ccccc2-n2ccnn2)cc1. The van der Waals surface area contributed by atoms with Crippen LogP contribution in [0.4, 0.5) is 0 Å². The van der Waals surface area contributed by atoms with E-state index in [-0.39, 0.29) is 0 Å². The molecule has 0 N–H and O–H groups in total. The summed E-state index contributed by atoms with van der Waals surface area (Å²) in [5.74, 6) is 0.849. The van der Waals surface area contributed by atoms with E-state index in [0.717, 1.165) is 22.6 Å². The summed E-state index contributed by atoms with van der Waals surface area (Å²) in [7, 11) is 1.67. The Kier molecular flexibility index (Phi) is 2.98. The first-order valence-corrected chi connectivity index (χ1v) is 5.98. The molecular formula is C15H13N3O. The normalized spacial score (nSPS) is 10.4. The van der Waals surface area contributed by atoms with Gasteiger partial charge >= 0.3 is 0 Å². The van der Waals surface area contributed by atoms with Gasteiger partial charge in [-0.25, -0.2) is 4.68 Å². The first-order valence-electron chi connectivity index (χ1n) is 5.98. The standard InChI is InChI=1S/C15H13N3O/c1-19-13-8-6-12(7-9-13)14-4-2-3-5-15(14)18-11-10-16-17-18/h2-11H,1H3. The minimum atomic E-state index is 0.849. The number of rotatable bonds is 3. The molecule has 0 unspecified atom stereocenters. The van der Waals surface area contributed by atoms with Crippen LogP contribution in [0.2, 0.25) is 0 Å². The van der Waals surface area contributed by atoms with Crippen molar-refractivity contribution in [2.45, 2.75) is 0 Å². The van der Waals surface area contributed by atoms with E-state index in [1.807, 2.05) is 48.7 Å². The van der Waals surface area contributed by atoms with Crippen LogP contribution in [0.3, 0.4) is 0 Å². The van der Waals surface area contributed by atoms with Crippen LogP contribution < -0.4 is 4.74 Å². The average molecular weight is 251 g/mol. The summed E-state index contributed by atoms with van der Waals surface area (Å²) in [6.45, 7) is 0. The van der Waals surface area contributed by atoms with Crippen LogP contribution in [0.1, 0.15) is 0 Å². The van der Waals surface area contributed by atoms with Gasteiger partial charge in [0.15, 0.2) is 0 Å². The van der Waals surface area contributed by atoms with Gasteiger partial charge in [-0.05, 0) is 23.8 Å². The van der Waals surface area contributed by atoms with Gasteiger partial charge in [0, 0.05) is 5.56 Å². The Morgan fingerprint density at radius 2 is 1.79 bits per heavy atom. The number of nitrogens with zero attached hydrogens (tertiary/aromatic N) is 3. The molecule has 19 heavy (non-hydrogen) atoms. The van der Waals surface area contributed by atoms with Gasteiger partial charge in [0.1, 0.15) is 5.75 Å². The van der Waals surface area contributed by atoms with Crippen molar-refractivity contribution in [3.63, 3.8) is 0 Å². The number of para-hydroxylation sites is 1. The molecule has 0 saturated carbocycles. The molecule has 3 rings (SSSR count). The van der Waals surface area contributed by atoms with Crippen molar-refractivity contribution in [2.75, 3.05) is 7.11 Å². The van der Waals surface area contributed by atoms with E-state index in [2.05, 4.69) is 16.4 Å². The fraction of sp³-hybridized carbons (Fsp3) is 0.0667. The van der Waals surface area contributed by atoms with Crippen LogP contribution in [-0.4, -0.2) is 22.1 Å². The highest BCUT2D eigenvalue weighted by atomic mass is 16.5. The van der Waals surface area contributed by atoms with Gasteiger partial charge in [0.2, 0.25) is 0 Å². The van der Waals surface area contributed by atoms with Crippen LogP contribution >= 0.6 is 0 Å². The summed E-state index contributed by atoms with van der Waals surface area (Å²) in [4.78, 5) is 0. The lowest BCUT2D eigenvalue weighted by Gasteiger charge is -2.09. The molecule has 0 fully saturated rings. The van der Waals surface area contributed by atoms with Crippen LogP contribution in [-0.2, 0) is 0 Å². The van der Waals surface area contributed by atoms with E-state index in [1.165, 1.54) is 0 Å². The molecule has 0 bridgehead atoms. The molecule has 0 aliphatic heterocycles. The first kappa shape index (κ1) is 11.5. The molecule has 1 aromatic heterocycles. The molecule has 2 aromatic carbocycles. The van der Waals surface area contributed by atoms with Crippen LogP contribution in [0.15, 0.2) is 60.9 Å². The molecule has 0 spiro atoms. The zero-order chi connectivity index (χ0) is 13.1. The average Bonchev–Trinajstić information content (AvgIpc) is 3.01. The molecule has 0 aliphatic rings. The number of methoxy groups -OCH3 is 1. The second-order valence-corrected chi connectivity index (χ2v) is 4.09. The second-order valence-electron chi connectivity index (χ2n) is 4.09. The zero-order valence-corrected chi connectivity index (χ0v) is 10.5. The third-order valence-corrected chi connectivity index (χ3v) is 2.97. The number of hydrogen-bond acceptors (Lipinski definition) is 3. The summed E-state index contributed by atoms with van der Waals surface area (Å²) < 4.78 is 6.94. The first-order chi connectivity index (χ1) is 9.38. The fourth-order valence-electron chi connectivity index (χ4n) is 2.02. The molecule has 0 saturated heterocycles. The maximum Gasteiger partial charge on any atom is 0.118 e. The van der Waals surface area contributed by atoms with Gasteiger partial charge < -0.3 is 4.74 Å². The minimum Gasteiger partial charge on any atom is -0.497 e. The number of hydrogen-bond donors (Lipinski definition) is 0. The van der Waals surface area contributed by atoms with E-state index in [0.29, 0.717) is 0 Å². The third-order valence-electron chi connectivity index (χ3n) is 2.97. The highest BCUT2D eigenvalue weighted by Crippen LogP contribution is 2.27. The summed E-state index contributed by atoms with van der Waals surface area (Å²) in [5.41, 5.74) is 3.23. The summed E-state index contributed by atoms with van der Waals surface area (Å²) in [6, 6.07) is 16.1. The lowest BCUT2D eigenvalue weighted by molar-refractivity contribution is 0.415. The predicted molar refractivity (Wildman–Crippen MR) is 73.3 cm³/mol. The Balaban J connectivity index is 2.09. The fourth-order valence-corrected chi connectivity index (χ4v) is 2.02. The Morgan fingerprint density at radius 1 is 1.00 bits per heavy atom. The van der Waals surface area contributed by atoms with Crippen molar-refractivity contribution in [1.82, 2.24) is 15.0 Å². The van der Waals surface area contributed by atoms with E-state index in [4.69, 9.17) is 4.74 Å². The largest absolute Gasteiger partial charge is 0.497 e. The van der Waals surface area contributed by atoms with Crippen LogP contribution in [0.25, 0.3) is 16.8 Å². The summed E-state index contributed by atoms with van der Waals surface area (Å²) in [5, 5.41) is 7.90. The van der Waals surface area contributed by atoms with Crippen molar-refractivity contribution in [3.05, 3.63) is 60.9 Å². The Labute approximate surface area is 111 Å². The number of ether oxygens (including phenoxy) is 1. The highest BCUT2D eigenvalue weighted by Gasteiger charge is 2.06. The predicted octanol–water partition coefficient (Wildman–Crippen LogP) is 2.94. The molecule has 0 radical (unpaired) electrons. The van der Waals surface area contributed by atoms with Crippen molar-refractivity contribution in [1.29, 1.82) is 0 Å². The van der Waals surface area contributed by atoms with E-state index in [1.54, 1.807) is 18.0 Å². The van der Waals surface area contributed by atoms with Gasteiger partial charge in [0.25, 0.3) is 0 Å². The summed E-state index contributed by atoms with van der Waals surface area (Å²) in [6.07, 6.45) is 3.51. The molecular weight excluding hydrogens is 238 g/mol. The molecule has 4 nitrogen and oxygen atoms in total. The van der Waals surface area contributed by atoms with Gasteiger partial charge in [-0.15, -0.1) is 5.10 Å². The topological polar surface area (TPSA) is 39.9 Å². The van der Waals surface area contributed by atoms with Crippen molar-refractivity contribution < 1.29 is 4.74 Å². The van der Waals surface area contributed by atoms with Crippen molar-refractivity contribution in [2.24, 2.45) is 0 Å². The molecule has 0 atom stereocenters. The molecule has 4 heteroatoms. The van der Waals surface area contributed by atoms with Gasteiger partial charge in [-0.2, -0.15) is 0 Å². The van der Waals surface area contributed by atoms with Crippen molar-refractivity contribution in [3.8, 4) is 22.6 Å². The quantitative estimate of drug-likeness (QED) is 0.718. The number of benzene rings is 2. The third kappa shape index (κ3) is 2.20. The smallest absolute Gasteiger partial charge is 0.118 e. The lowest BCUT2D eigenvalue weighted by atomic mass is 10.0. The Hall–Kier alpha value is -2.62. The lowest BCUT2D eigenvalue weighted by Crippen LogP contribution is -1.97. The number of aromatic nitrogens is 3. The Bertz CT molecular complexity index is 660. The maximum atomic E-state index is 5.18. The van der Waals surface area contributed by atoms with E-state index >= 15 is 0 Å². The zero-order valence-electron chi connectivity index (χ0n) is 10.5. The molecule has 0 aliphatic carbocycles. The molecule has 1 heterocycles. The Morgan fingerprint density at radius 3 is 2.47 bits per heavy atom. The monoisotopic (exact) mass is 251 g/mol. The minimum absolute atomic E-state index is 0.849. The van der Waals surface area contributed by atoms with Gasteiger partial charge in [0.05, 0.1) is 25.2 Å².